The standard InChI is InChI=1S/C13H23F2N3O2/c1-12(2,3)20-11(19)18-8-10(13(14,15)9-18)17-6-4-16-5-7-17/h10,16H,4-9H2,1-3H3. The van der Waals surface area contributed by atoms with Gasteiger partial charge in [0, 0.05) is 32.7 Å². The third-order valence-corrected chi connectivity index (χ3v) is 3.53. The first-order valence-electron chi connectivity index (χ1n) is 6.99. The summed E-state index contributed by atoms with van der Waals surface area (Å²) in [4.78, 5) is 14.8. The Bertz CT molecular complexity index is 365. The summed E-state index contributed by atoms with van der Waals surface area (Å²) in [5, 5.41) is 3.14. The highest BCUT2D eigenvalue weighted by atomic mass is 19.3. The number of ether oxygens (including phenoxy) is 1. The van der Waals surface area contributed by atoms with Gasteiger partial charge in [0.1, 0.15) is 5.60 Å². The number of carbonyl (C=O) groups excluding carboxylic acids is 1. The number of piperazine rings is 1. The second-order valence-electron chi connectivity index (χ2n) is 6.42. The molecule has 0 aromatic rings. The van der Waals surface area contributed by atoms with E-state index in [1.165, 1.54) is 0 Å². The molecule has 1 N–H and O–H groups in total. The van der Waals surface area contributed by atoms with Gasteiger partial charge in [0.25, 0.3) is 5.92 Å². The summed E-state index contributed by atoms with van der Waals surface area (Å²) >= 11 is 0. The Balaban J connectivity index is 2.00. The SMILES string of the molecule is CC(C)(C)OC(=O)N1CC(N2CCNCC2)C(F)(F)C1. The molecule has 1 unspecified atom stereocenters. The molecule has 0 aliphatic carbocycles. The topological polar surface area (TPSA) is 44.8 Å². The molecule has 0 bridgehead atoms. The first-order chi connectivity index (χ1) is 9.19. The Labute approximate surface area is 118 Å². The summed E-state index contributed by atoms with van der Waals surface area (Å²) in [5.74, 6) is -2.88. The lowest BCUT2D eigenvalue weighted by Gasteiger charge is -2.34. The Kier molecular flexibility index (Phi) is 4.20. The third kappa shape index (κ3) is 3.58. The number of halogens is 2. The molecule has 1 atom stereocenters. The fourth-order valence-corrected chi connectivity index (χ4v) is 2.61. The molecule has 2 rings (SSSR count). The average Bonchev–Trinajstić information content (AvgIpc) is 2.64. The summed E-state index contributed by atoms with van der Waals surface area (Å²) in [7, 11) is 0. The number of amides is 1. The van der Waals surface area contributed by atoms with Crippen molar-refractivity contribution >= 4 is 6.09 Å². The molecule has 1 amide bonds. The number of nitrogens with zero attached hydrogens (tertiary/aromatic N) is 2. The van der Waals surface area contributed by atoms with E-state index in [1.54, 1.807) is 25.7 Å². The molecule has 7 heteroatoms. The molecule has 5 nitrogen and oxygen atoms in total. The third-order valence-electron chi connectivity index (χ3n) is 3.53. The van der Waals surface area contributed by atoms with Crippen LogP contribution in [0.15, 0.2) is 0 Å². The van der Waals surface area contributed by atoms with E-state index in [9.17, 15) is 13.6 Å². The van der Waals surface area contributed by atoms with Crippen LogP contribution in [0.1, 0.15) is 20.8 Å². The Hall–Kier alpha value is -0.950. The quantitative estimate of drug-likeness (QED) is 0.787. The Morgan fingerprint density at radius 1 is 1.30 bits per heavy atom. The van der Waals surface area contributed by atoms with E-state index >= 15 is 0 Å². The highest BCUT2D eigenvalue weighted by molar-refractivity contribution is 5.68. The molecule has 0 spiro atoms. The summed E-state index contributed by atoms with van der Waals surface area (Å²) in [6.45, 7) is 7.24. The van der Waals surface area contributed by atoms with Crippen LogP contribution < -0.4 is 5.32 Å². The fraction of sp³-hybridized carbons (Fsp3) is 0.923. The van der Waals surface area contributed by atoms with Gasteiger partial charge in [0.2, 0.25) is 0 Å². The van der Waals surface area contributed by atoms with E-state index in [2.05, 4.69) is 5.32 Å². The van der Waals surface area contributed by atoms with Crippen molar-refractivity contribution in [2.45, 2.75) is 38.3 Å². The number of carbonyl (C=O) groups is 1. The second-order valence-corrected chi connectivity index (χ2v) is 6.42. The van der Waals surface area contributed by atoms with Gasteiger partial charge in [0.05, 0.1) is 12.6 Å². The molecule has 0 radical (unpaired) electrons. The number of alkyl halides is 2. The number of hydrogen-bond acceptors (Lipinski definition) is 4. The second kappa shape index (κ2) is 5.44. The van der Waals surface area contributed by atoms with Gasteiger partial charge in [-0.2, -0.15) is 0 Å². The normalized spacial score (nSPS) is 27.6. The molecular weight excluding hydrogens is 268 g/mol. The van der Waals surface area contributed by atoms with Crippen molar-refractivity contribution in [3.63, 3.8) is 0 Å². The van der Waals surface area contributed by atoms with Crippen molar-refractivity contribution in [1.82, 2.24) is 15.1 Å². The van der Waals surface area contributed by atoms with Crippen LogP contribution in [0.5, 0.6) is 0 Å². The summed E-state index contributed by atoms with van der Waals surface area (Å²) in [5.41, 5.74) is -0.667. The van der Waals surface area contributed by atoms with E-state index in [0.29, 0.717) is 26.2 Å². The highest BCUT2D eigenvalue weighted by Gasteiger charge is 2.52. The lowest BCUT2D eigenvalue weighted by atomic mass is 10.1. The van der Waals surface area contributed by atoms with Crippen LogP contribution in [0.3, 0.4) is 0 Å². The lowest BCUT2D eigenvalue weighted by molar-refractivity contribution is -0.0539. The molecule has 2 aliphatic rings. The Morgan fingerprint density at radius 2 is 1.90 bits per heavy atom. The maximum atomic E-state index is 14.1. The molecule has 2 saturated heterocycles. The maximum Gasteiger partial charge on any atom is 0.410 e. The zero-order valence-electron chi connectivity index (χ0n) is 12.3. The van der Waals surface area contributed by atoms with Gasteiger partial charge in [-0.1, -0.05) is 0 Å². The smallest absolute Gasteiger partial charge is 0.410 e. The van der Waals surface area contributed by atoms with E-state index in [4.69, 9.17) is 4.74 Å². The minimum Gasteiger partial charge on any atom is -0.444 e. The maximum absolute atomic E-state index is 14.1. The van der Waals surface area contributed by atoms with E-state index in [1.807, 2.05) is 0 Å². The van der Waals surface area contributed by atoms with Crippen LogP contribution in [0.2, 0.25) is 0 Å². The Morgan fingerprint density at radius 3 is 2.45 bits per heavy atom. The number of nitrogens with one attached hydrogen (secondary N) is 1. The number of likely N-dealkylation sites (tertiary alicyclic amines) is 1. The van der Waals surface area contributed by atoms with Gasteiger partial charge in [-0.05, 0) is 20.8 Å². The van der Waals surface area contributed by atoms with Gasteiger partial charge in [-0.15, -0.1) is 0 Å². The zero-order chi connectivity index (χ0) is 15.0. The monoisotopic (exact) mass is 291 g/mol. The van der Waals surface area contributed by atoms with E-state index in [0.717, 1.165) is 4.90 Å². The lowest BCUT2D eigenvalue weighted by Crippen LogP contribution is -2.54. The van der Waals surface area contributed by atoms with Crippen molar-refractivity contribution in [3.05, 3.63) is 0 Å². The highest BCUT2D eigenvalue weighted by Crippen LogP contribution is 2.32. The molecule has 116 valence electrons. The van der Waals surface area contributed by atoms with Crippen LogP contribution in [-0.4, -0.2) is 72.7 Å². The predicted octanol–water partition coefficient (Wildman–Crippen LogP) is 1.15. The first kappa shape index (κ1) is 15.4. The molecular formula is C13H23F2N3O2. The van der Waals surface area contributed by atoms with Gasteiger partial charge >= 0.3 is 6.09 Å². The van der Waals surface area contributed by atoms with E-state index < -0.39 is 30.2 Å². The zero-order valence-corrected chi connectivity index (χ0v) is 12.3. The van der Waals surface area contributed by atoms with Crippen molar-refractivity contribution in [2.75, 3.05) is 39.3 Å². The summed E-state index contributed by atoms with van der Waals surface area (Å²) < 4.78 is 33.4. The molecule has 0 aromatic carbocycles. The van der Waals surface area contributed by atoms with Crippen LogP contribution in [0, 0.1) is 0 Å². The van der Waals surface area contributed by atoms with Gasteiger partial charge in [0.15, 0.2) is 0 Å². The predicted molar refractivity (Wildman–Crippen MR) is 71.0 cm³/mol. The molecule has 0 aromatic heterocycles. The number of hydrogen-bond donors (Lipinski definition) is 1. The van der Waals surface area contributed by atoms with Crippen molar-refractivity contribution in [3.8, 4) is 0 Å². The number of rotatable bonds is 1. The molecule has 2 fully saturated rings. The van der Waals surface area contributed by atoms with Crippen LogP contribution in [0.25, 0.3) is 0 Å². The van der Waals surface area contributed by atoms with Crippen LogP contribution in [0.4, 0.5) is 13.6 Å². The molecule has 0 saturated carbocycles. The van der Waals surface area contributed by atoms with Crippen molar-refractivity contribution in [1.29, 1.82) is 0 Å². The summed E-state index contributed by atoms with van der Waals surface area (Å²) in [6, 6.07) is -0.905. The fourth-order valence-electron chi connectivity index (χ4n) is 2.61. The minimum atomic E-state index is -2.88. The van der Waals surface area contributed by atoms with Gasteiger partial charge in [-0.3, -0.25) is 4.90 Å². The van der Waals surface area contributed by atoms with E-state index in [-0.39, 0.29) is 6.54 Å². The van der Waals surface area contributed by atoms with Crippen LogP contribution >= 0.6 is 0 Å². The molecule has 2 heterocycles. The molecule has 20 heavy (non-hydrogen) atoms. The largest absolute Gasteiger partial charge is 0.444 e. The summed E-state index contributed by atoms with van der Waals surface area (Å²) in [6.07, 6.45) is -0.658. The first-order valence-corrected chi connectivity index (χ1v) is 6.99. The minimum absolute atomic E-state index is 0.0297. The van der Waals surface area contributed by atoms with Crippen LogP contribution in [-0.2, 0) is 4.74 Å². The average molecular weight is 291 g/mol. The van der Waals surface area contributed by atoms with Gasteiger partial charge < -0.3 is 15.0 Å². The van der Waals surface area contributed by atoms with Crippen molar-refractivity contribution < 1.29 is 18.3 Å². The van der Waals surface area contributed by atoms with Gasteiger partial charge in [-0.25, -0.2) is 13.6 Å². The molecule has 2 aliphatic heterocycles. The van der Waals surface area contributed by atoms with Crippen molar-refractivity contribution in [2.24, 2.45) is 0 Å².